The third-order valence-electron chi connectivity index (χ3n) is 2.72. The van der Waals surface area contributed by atoms with E-state index in [2.05, 4.69) is 0 Å². The van der Waals surface area contributed by atoms with Crippen molar-refractivity contribution in [2.24, 2.45) is 5.73 Å². The van der Waals surface area contributed by atoms with Crippen molar-refractivity contribution in [1.82, 2.24) is 0 Å². The molecule has 0 fully saturated rings. The number of rotatable bonds is 2. The molecule has 1 nitrogen and oxygen atoms in total. The van der Waals surface area contributed by atoms with Crippen molar-refractivity contribution < 1.29 is 26.3 Å². The lowest BCUT2D eigenvalue weighted by atomic mass is 9.98. The largest absolute Gasteiger partial charge is 0.320 e. The van der Waals surface area contributed by atoms with Crippen molar-refractivity contribution in [3.8, 4) is 0 Å². The zero-order valence-corrected chi connectivity index (χ0v) is 9.73. The predicted molar refractivity (Wildman–Crippen MR) is 58.7 cm³/mol. The molecule has 0 bridgehead atoms. The van der Waals surface area contributed by atoms with Crippen molar-refractivity contribution in [2.45, 2.75) is 6.04 Å². The average Bonchev–Trinajstić information content (AvgIpc) is 2.33. The Hall–Kier alpha value is -2.02. The van der Waals surface area contributed by atoms with Crippen LogP contribution in [0.1, 0.15) is 17.2 Å². The minimum Gasteiger partial charge on any atom is -0.320 e. The Kier molecular flexibility index (Phi) is 3.71. The molecule has 0 radical (unpaired) electrons. The second kappa shape index (κ2) is 5.16. The summed E-state index contributed by atoms with van der Waals surface area (Å²) in [6.07, 6.45) is 0. The summed E-state index contributed by atoms with van der Waals surface area (Å²) >= 11 is 0. The van der Waals surface area contributed by atoms with E-state index in [4.69, 9.17) is 5.73 Å². The van der Waals surface area contributed by atoms with Crippen LogP contribution in [0.25, 0.3) is 0 Å². The standard InChI is InChI=1S/C13H7F6N/c14-6-3-7(15)11(8(16)4-6)13(20)5-1-9(17)12(19)10(18)2-5/h1-4,13H,20H2. The molecule has 2 N–H and O–H groups in total. The minimum absolute atomic E-state index is 0.383. The quantitative estimate of drug-likeness (QED) is 0.664. The van der Waals surface area contributed by atoms with Crippen LogP contribution in [-0.2, 0) is 0 Å². The first kappa shape index (κ1) is 14.4. The van der Waals surface area contributed by atoms with Crippen molar-refractivity contribution in [1.29, 1.82) is 0 Å². The molecule has 0 saturated heterocycles. The maximum atomic E-state index is 13.5. The van der Waals surface area contributed by atoms with Crippen LogP contribution in [0.5, 0.6) is 0 Å². The van der Waals surface area contributed by atoms with Gasteiger partial charge in [0.1, 0.15) is 17.5 Å². The van der Waals surface area contributed by atoms with E-state index < -0.39 is 46.5 Å². The van der Waals surface area contributed by atoms with E-state index in [-0.39, 0.29) is 5.56 Å². The lowest BCUT2D eigenvalue weighted by molar-refractivity contribution is 0.443. The van der Waals surface area contributed by atoms with Gasteiger partial charge in [0.05, 0.1) is 6.04 Å². The summed E-state index contributed by atoms with van der Waals surface area (Å²) in [5.41, 5.74) is 4.35. The highest BCUT2D eigenvalue weighted by Gasteiger charge is 2.22. The molecule has 7 heteroatoms. The number of halogens is 6. The predicted octanol–water partition coefficient (Wildman–Crippen LogP) is 3.57. The molecule has 0 aliphatic carbocycles. The second-order valence-electron chi connectivity index (χ2n) is 4.06. The van der Waals surface area contributed by atoms with Gasteiger partial charge in [0.2, 0.25) is 0 Å². The van der Waals surface area contributed by atoms with E-state index in [1.807, 2.05) is 0 Å². The van der Waals surface area contributed by atoms with Gasteiger partial charge in [0.25, 0.3) is 0 Å². The number of benzene rings is 2. The van der Waals surface area contributed by atoms with Crippen molar-refractivity contribution in [3.05, 3.63) is 70.3 Å². The van der Waals surface area contributed by atoms with E-state index in [1.54, 1.807) is 0 Å². The normalized spacial score (nSPS) is 12.6. The Morgan fingerprint density at radius 3 is 1.60 bits per heavy atom. The summed E-state index contributed by atoms with van der Waals surface area (Å²) in [5, 5.41) is 0. The molecule has 0 heterocycles. The maximum Gasteiger partial charge on any atom is 0.194 e. The summed E-state index contributed by atoms with van der Waals surface area (Å²) in [4.78, 5) is 0. The zero-order chi connectivity index (χ0) is 15.0. The van der Waals surface area contributed by atoms with Gasteiger partial charge in [-0.05, 0) is 17.7 Å². The molecular weight excluding hydrogens is 284 g/mol. The van der Waals surface area contributed by atoms with Gasteiger partial charge in [-0.1, -0.05) is 0 Å². The van der Waals surface area contributed by atoms with Crippen LogP contribution >= 0.6 is 0 Å². The third kappa shape index (κ3) is 2.49. The van der Waals surface area contributed by atoms with E-state index in [0.29, 0.717) is 24.3 Å². The summed E-state index contributed by atoms with van der Waals surface area (Å²) in [6, 6.07) is 0.194. The fourth-order valence-corrected chi connectivity index (χ4v) is 1.77. The molecule has 0 saturated carbocycles. The van der Waals surface area contributed by atoms with Gasteiger partial charge < -0.3 is 5.73 Å². The monoisotopic (exact) mass is 291 g/mol. The first-order valence-electron chi connectivity index (χ1n) is 5.35. The summed E-state index contributed by atoms with van der Waals surface area (Å²) in [6.45, 7) is 0. The molecule has 106 valence electrons. The Morgan fingerprint density at radius 1 is 0.700 bits per heavy atom. The lowest BCUT2D eigenvalue weighted by Gasteiger charge is -2.15. The van der Waals surface area contributed by atoms with Gasteiger partial charge in [0, 0.05) is 17.7 Å². The average molecular weight is 291 g/mol. The van der Waals surface area contributed by atoms with E-state index in [9.17, 15) is 26.3 Å². The molecular formula is C13H7F6N. The minimum atomic E-state index is -1.72. The summed E-state index contributed by atoms with van der Waals surface area (Å²) in [5.74, 6) is -8.58. The Balaban J connectivity index is 2.55. The van der Waals surface area contributed by atoms with Crippen LogP contribution in [0.3, 0.4) is 0 Å². The first-order chi connectivity index (χ1) is 9.31. The maximum absolute atomic E-state index is 13.5. The molecule has 0 aromatic heterocycles. The van der Waals surface area contributed by atoms with Crippen LogP contribution in [0.4, 0.5) is 26.3 Å². The molecule has 0 aliphatic rings. The molecule has 2 aromatic carbocycles. The van der Waals surface area contributed by atoms with E-state index >= 15 is 0 Å². The Morgan fingerprint density at radius 2 is 1.15 bits per heavy atom. The van der Waals surface area contributed by atoms with E-state index in [0.717, 1.165) is 0 Å². The Bertz CT molecular complexity index is 624. The first-order valence-corrected chi connectivity index (χ1v) is 5.35. The molecule has 0 amide bonds. The van der Waals surface area contributed by atoms with Crippen LogP contribution in [0.2, 0.25) is 0 Å². The lowest BCUT2D eigenvalue weighted by Crippen LogP contribution is -2.17. The van der Waals surface area contributed by atoms with Crippen LogP contribution in [-0.4, -0.2) is 0 Å². The van der Waals surface area contributed by atoms with E-state index in [1.165, 1.54) is 0 Å². The number of hydrogen-bond acceptors (Lipinski definition) is 1. The molecule has 2 aromatic rings. The fraction of sp³-hybridized carbons (Fsp3) is 0.0769. The topological polar surface area (TPSA) is 26.0 Å². The number of nitrogens with two attached hydrogens (primary N) is 1. The highest BCUT2D eigenvalue weighted by Crippen LogP contribution is 2.27. The zero-order valence-electron chi connectivity index (χ0n) is 9.73. The van der Waals surface area contributed by atoms with Gasteiger partial charge in [-0.3, -0.25) is 0 Å². The molecule has 0 spiro atoms. The van der Waals surface area contributed by atoms with Crippen LogP contribution < -0.4 is 5.73 Å². The van der Waals surface area contributed by atoms with Gasteiger partial charge in [-0.25, -0.2) is 26.3 Å². The van der Waals surface area contributed by atoms with Gasteiger partial charge in [-0.2, -0.15) is 0 Å². The van der Waals surface area contributed by atoms with Crippen molar-refractivity contribution in [2.75, 3.05) is 0 Å². The van der Waals surface area contributed by atoms with Crippen LogP contribution in [0.15, 0.2) is 24.3 Å². The van der Waals surface area contributed by atoms with Gasteiger partial charge in [-0.15, -0.1) is 0 Å². The molecule has 0 aliphatic heterocycles. The Labute approximate surface area is 109 Å². The third-order valence-corrected chi connectivity index (χ3v) is 2.72. The van der Waals surface area contributed by atoms with Gasteiger partial charge in [0.15, 0.2) is 17.5 Å². The SMILES string of the molecule is NC(c1cc(F)c(F)c(F)c1)c1c(F)cc(F)cc1F. The summed E-state index contributed by atoms with van der Waals surface area (Å²) < 4.78 is 78.7. The highest BCUT2D eigenvalue weighted by atomic mass is 19.2. The smallest absolute Gasteiger partial charge is 0.194 e. The van der Waals surface area contributed by atoms with Gasteiger partial charge >= 0.3 is 0 Å². The van der Waals surface area contributed by atoms with Crippen LogP contribution in [0, 0.1) is 34.9 Å². The van der Waals surface area contributed by atoms with Crippen molar-refractivity contribution >= 4 is 0 Å². The highest BCUT2D eigenvalue weighted by molar-refractivity contribution is 5.34. The fourth-order valence-electron chi connectivity index (χ4n) is 1.77. The van der Waals surface area contributed by atoms with Crippen molar-refractivity contribution in [3.63, 3.8) is 0 Å². The number of hydrogen-bond donors (Lipinski definition) is 1. The summed E-state index contributed by atoms with van der Waals surface area (Å²) in [7, 11) is 0. The molecule has 2 rings (SSSR count). The molecule has 20 heavy (non-hydrogen) atoms. The molecule has 1 atom stereocenters. The molecule has 1 unspecified atom stereocenters. The second-order valence-corrected chi connectivity index (χ2v) is 4.06.